The van der Waals surface area contributed by atoms with Crippen molar-refractivity contribution in [3.63, 3.8) is 0 Å². The average molecular weight is 399 g/mol. The van der Waals surface area contributed by atoms with E-state index in [4.69, 9.17) is 11.6 Å². The zero-order valence-corrected chi connectivity index (χ0v) is 14.7. The molecule has 6 nitrogen and oxygen atoms in total. The molecule has 1 aromatic carbocycles. The normalized spacial score (nSPS) is 13.0. The third-order valence-corrected chi connectivity index (χ3v) is 4.26. The Morgan fingerprint density at radius 3 is 2.67 bits per heavy atom. The zero-order chi connectivity index (χ0) is 19.8. The molecule has 0 aliphatic carbocycles. The van der Waals surface area contributed by atoms with Crippen LogP contribution in [-0.2, 0) is 6.18 Å². The van der Waals surface area contributed by atoms with Gasteiger partial charge in [0.05, 0.1) is 24.1 Å². The number of hydrogen-bond donors (Lipinski definition) is 2. The van der Waals surface area contributed by atoms with Crippen LogP contribution < -0.4 is 5.56 Å². The second-order valence-corrected chi connectivity index (χ2v) is 6.26. The summed E-state index contributed by atoms with van der Waals surface area (Å²) in [5.41, 5.74) is -0.00715. The molecule has 1 atom stereocenters. The van der Waals surface area contributed by atoms with Crippen LogP contribution in [0, 0.1) is 6.92 Å². The van der Waals surface area contributed by atoms with Crippen molar-refractivity contribution < 1.29 is 18.3 Å². The Morgan fingerprint density at radius 2 is 2.07 bits per heavy atom. The highest BCUT2D eigenvalue weighted by Gasteiger charge is 2.31. The highest BCUT2D eigenvalue weighted by Crippen LogP contribution is 2.34. The second-order valence-electron chi connectivity index (χ2n) is 5.86. The lowest BCUT2D eigenvalue weighted by Gasteiger charge is -2.18. The molecule has 10 heteroatoms. The number of H-pyrrole nitrogens is 1. The largest absolute Gasteiger partial charge is 0.416 e. The van der Waals surface area contributed by atoms with Gasteiger partial charge in [-0.25, -0.2) is 4.98 Å². The van der Waals surface area contributed by atoms with Crippen LogP contribution >= 0.6 is 11.6 Å². The Morgan fingerprint density at radius 1 is 1.33 bits per heavy atom. The first-order chi connectivity index (χ1) is 12.7. The lowest BCUT2D eigenvalue weighted by Crippen LogP contribution is -2.16. The molecule has 3 aromatic rings. The summed E-state index contributed by atoms with van der Waals surface area (Å²) in [6.07, 6.45) is -1.53. The highest BCUT2D eigenvalue weighted by molar-refractivity contribution is 6.31. The van der Waals surface area contributed by atoms with Gasteiger partial charge < -0.3 is 10.1 Å². The van der Waals surface area contributed by atoms with Gasteiger partial charge in [-0.3, -0.25) is 9.48 Å². The molecule has 2 heterocycles. The Bertz CT molecular complexity index is 1030. The molecule has 0 fully saturated rings. The van der Waals surface area contributed by atoms with Crippen molar-refractivity contribution >= 4 is 11.6 Å². The van der Waals surface area contributed by atoms with Gasteiger partial charge in [-0.05, 0) is 24.6 Å². The van der Waals surface area contributed by atoms with Gasteiger partial charge in [0, 0.05) is 22.8 Å². The number of alkyl halides is 3. The van der Waals surface area contributed by atoms with Crippen LogP contribution in [0.3, 0.4) is 0 Å². The third kappa shape index (κ3) is 4.04. The van der Waals surface area contributed by atoms with E-state index in [9.17, 15) is 23.1 Å². The summed E-state index contributed by atoms with van der Waals surface area (Å²) in [6, 6.07) is 3.43. The van der Waals surface area contributed by atoms with E-state index < -0.39 is 24.4 Å². The Balaban J connectivity index is 1.98. The van der Waals surface area contributed by atoms with Gasteiger partial charge >= 0.3 is 6.18 Å². The van der Waals surface area contributed by atoms with Crippen molar-refractivity contribution in [3.8, 4) is 11.3 Å². The van der Waals surface area contributed by atoms with Crippen LogP contribution in [0.4, 0.5) is 13.2 Å². The smallest absolute Gasteiger partial charge is 0.394 e. The van der Waals surface area contributed by atoms with Gasteiger partial charge in [0.1, 0.15) is 11.9 Å². The number of rotatable bonds is 4. The van der Waals surface area contributed by atoms with Crippen molar-refractivity contribution in [1.82, 2.24) is 19.7 Å². The summed E-state index contributed by atoms with van der Waals surface area (Å²) in [5, 5.41) is 13.7. The number of nitrogens with one attached hydrogen (secondary N) is 1. The van der Waals surface area contributed by atoms with Crippen LogP contribution in [0.5, 0.6) is 0 Å². The molecule has 0 amide bonds. The number of aliphatic hydroxyl groups excluding tert-OH is 1. The van der Waals surface area contributed by atoms with Crippen LogP contribution in [0.15, 0.2) is 41.5 Å². The fourth-order valence-corrected chi connectivity index (χ4v) is 2.97. The van der Waals surface area contributed by atoms with E-state index in [2.05, 4.69) is 15.1 Å². The number of halogens is 4. The minimum absolute atomic E-state index is 0.133. The van der Waals surface area contributed by atoms with Gasteiger partial charge in [0.2, 0.25) is 0 Å². The van der Waals surface area contributed by atoms with Gasteiger partial charge in [0.15, 0.2) is 0 Å². The van der Waals surface area contributed by atoms with Crippen molar-refractivity contribution in [2.75, 3.05) is 6.61 Å². The second kappa shape index (κ2) is 7.16. The number of hydrogen-bond acceptors (Lipinski definition) is 4. The topological polar surface area (TPSA) is 83.8 Å². The number of aromatic nitrogens is 4. The lowest BCUT2D eigenvalue weighted by molar-refractivity contribution is -0.137. The van der Waals surface area contributed by atoms with Crippen molar-refractivity contribution in [1.29, 1.82) is 0 Å². The van der Waals surface area contributed by atoms with E-state index in [0.717, 1.165) is 12.1 Å². The van der Waals surface area contributed by atoms with E-state index in [-0.39, 0.29) is 16.1 Å². The molecule has 0 spiro atoms. The zero-order valence-electron chi connectivity index (χ0n) is 14.0. The molecule has 27 heavy (non-hydrogen) atoms. The lowest BCUT2D eigenvalue weighted by atomic mass is 10.0. The number of aliphatic hydroxyl groups is 1. The fourth-order valence-electron chi connectivity index (χ4n) is 2.67. The predicted molar refractivity (Wildman–Crippen MR) is 92.5 cm³/mol. The van der Waals surface area contributed by atoms with E-state index in [1.807, 2.05) is 0 Å². The molecule has 0 aliphatic rings. The molecule has 3 rings (SSSR count). The summed E-state index contributed by atoms with van der Waals surface area (Å²) in [6.45, 7) is 1.20. The molecule has 0 saturated heterocycles. The third-order valence-electron chi connectivity index (χ3n) is 3.94. The van der Waals surface area contributed by atoms with E-state index in [0.29, 0.717) is 17.1 Å². The van der Waals surface area contributed by atoms with Gasteiger partial charge in [-0.1, -0.05) is 17.7 Å². The summed E-state index contributed by atoms with van der Waals surface area (Å²) in [5.74, 6) is 0.426. The maximum Gasteiger partial charge on any atom is 0.416 e. The molecular weight excluding hydrogens is 385 g/mol. The summed E-state index contributed by atoms with van der Waals surface area (Å²) >= 11 is 6.01. The SMILES string of the molecule is Cc1nc(-c2cnn(C(CO)c3ccc(C(F)(F)F)cc3Cl)c2)cc(=O)[nH]1. The monoisotopic (exact) mass is 398 g/mol. The standard InChI is InChI=1S/C17H14ClF3N4O2/c1-9-23-14(5-16(27)24-9)10-6-22-25(7-10)15(8-26)12-3-2-11(4-13(12)18)17(19,20)21/h2-7,15,26H,8H2,1H3,(H,23,24,27). The predicted octanol–water partition coefficient (Wildman–Crippen LogP) is 3.20. The van der Waals surface area contributed by atoms with Crippen molar-refractivity contribution in [3.05, 3.63) is 69.0 Å². The van der Waals surface area contributed by atoms with Crippen molar-refractivity contribution in [2.24, 2.45) is 0 Å². The number of benzene rings is 1. The Kier molecular flexibility index (Phi) is 5.07. The minimum atomic E-state index is -4.51. The van der Waals surface area contributed by atoms with Crippen LogP contribution in [0.2, 0.25) is 5.02 Å². The van der Waals surface area contributed by atoms with Crippen LogP contribution in [-0.4, -0.2) is 31.5 Å². The van der Waals surface area contributed by atoms with E-state index >= 15 is 0 Å². The molecule has 2 N–H and O–H groups in total. The Labute approximate surface area is 156 Å². The number of aromatic amines is 1. The van der Waals surface area contributed by atoms with Crippen LogP contribution in [0.1, 0.15) is 23.0 Å². The van der Waals surface area contributed by atoms with Gasteiger partial charge in [-0.2, -0.15) is 18.3 Å². The summed E-state index contributed by atoms with van der Waals surface area (Å²) in [7, 11) is 0. The minimum Gasteiger partial charge on any atom is -0.394 e. The highest BCUT2D eigenvalue weighted by atomic mass is 35.5. The van der Waals surface area contributed by atoms with Gasteiger partial charge in [0.25, 0.3) is 5.56 Å². The van der Waals surface area contributed by atoms with Crippen molar-refractivity contribution in [2.45, 2.75) is 19.1 Å². The van der Waals surface area contributed by atoms with Crippen LogP contribution in [0.25, 0.3) is 11.3 Å². The van der Waals surface area contributed by atoms with Gasteiger partial charge in [-0.15, -0.1) is 0 Å². The maximum absolute atomic E-state index is 12.8. The quantitative estimate of drug-likeness (QED) is 0.707. The molecule has 0 radical (unpaired) electrons. The molecule has 0 bridgehead atoms. The molecule has 0 aliphatic heterocycles. The average Bonchev–Trinajstić information content (AvgIpc) is 3.05. The first-order valence-corrected chi connectivity index (χ1v) is 8.17. The first kappa shape index (κ1) is 19.1. The van der Waals surface area contributed by atoms with E-state index in [1.165, 1.54) is 29.2 Å². The summed E-state index contributed by atoms with van der Waals surface area (Å²) in [4.78, 5) is 18.3. The molecule has 2 aromatic heterocycles. The number of aryl methyl sites for hydroxylation is 1. The number of nitrogens with zero attached hydrogens (tertiary/aromatic N) is 3. The Hall–Kier alpha value is -2.65. The molecule has 142 valence electrons. The van der Waals surface area contributed by atoms with E-state index in [1.54, 1.807) is 6.92 Å². The fraction of sp³-hybridized carbons (Fsp3) is 0.235. The molecule has 0 saturated carbocycles. The first-order valence-electron chi connectivity index (χ1n) is 7.79. The molecule has 1 unspecified atom stereocenters. The molecular formula is C17H14ClF3N4O2. The maximum atomic E-state index is 12.8. The summed E-state index contributed by atoms with van der Waals surface area (Å²) < 4.78 is 39.8.